The van der Waals surface area contributed by atoms with Gasteiger partial charge in [0.25, 0.3) is 0 Å². The van der Waals surface area contributed by atoms with Crippen molar-refractivity contribution in [2.45, 2.75) is 39.0 Å². The third-order valence-corrected chi connectivity index (χ3v) is 1.43. The zero-order valence-corrected chi connectivity index (χ0v) is 7.80. The highest BCUT2D eigenvalue weighted by molar-refractivity contribution is 5.81. The van der Waals surface area contributed by atoms with Gasteiger partial charge >= 0.3 is 5.97 Å². The number of carbonyl (C=O) groups excluding carboxylic acids is 1. The number of carboxylic acids is 1. The fourth-order valence-corrected chi connectivity index (χ4v) is 0.811. The van der Waals surface area contributed by atoms with Gasteiger partial charge in [0.2, 0.25) is 0 Å². The second-order valence-electron chi connectivity index (χ2n) is 2.67. The molecular formula is C10H14O3. The van der Waals surface area contributed by atoms with E-state index in [1.54, 1.807) is 0 Å². The molecule has 0 aliphatic heterocycles. The van der Waals surface area contributed by atoms with Crippen LogP contribution < -0.4 is 0 Å². The summed E-state index contributed by atoms with van der Waals surface area (Å²) in [5.74, 6) is 4.69. The van der Waals surface area contributed by atoms with Crippen LogP contribution in [-0.2, 0) is 9.59 Å². The van der Waals surface area contributed by atoms with Gasteiger partial charge in [-0.2, -0.15) is 0 Å². The SMILES string of the molecule is CCC#CCC(=O)CCCC(=O)O. The second-order valence-corrected chi connectivity index (χ2v) is 2.67. The summed E-state index contributed by atoms with van der Waals surface area (Å²) in [5.41, 5.74) is 0. The predicted molar refractivity (Wildman–Crippen MR) is 49.2 cm³/mol. The van der Waals surface area contributed by atoms with Crippen molar-refractivity contribution in [2.24, 2.45) is 0 Å². The first-order valence-electron chi connectivity index (χ1n) is 4.36. The molecule has 3 heteroatoms. The average molecular weight is 182 g/mol. The summed E-state index contributed by atoms with van der Waals surface area (Å²) in [6, 6.07) is 0. The third kappa shape index (κ3) is 8.61. The highest BCUT2D eigenvalue weighted by Gasteiger charge is 2.01. The lowest BCUT2D eigenvalue weighted by Gasteiger charge is -1.93. The van der Waals surface area contributed by atoms with E-state index in [1.165, 1.54) is 0 Å². The fourth-order valence-electron chi connectivity index (χ4n) is 0.811. The van der Waals surface area contributed by atoms with Crippen molar-refractivity contribution in [1.29, 1.82) is 0 Å². The minimum atomic E-state index is -0.854. The van der Waals surface area contributed by atoms with Crippen LogP contribution in [0.1, 0.15) is 39.0 Å². The van der Waals surface area contributed by atoms with Gasteiger partial charge in [-0.05, 0) is 6.42 Å². The Labute approximate surface area is 78.1 Å². The maximum atomic E-state index is 11.0. The lowest BCUT2D eigenvalue weighted by Crippen LogP contribution is -1.99. The predicted octanol–water partition coefficient (Wildman–Crippen LogP) is 1.61. The van der Waals surface area contributed by atoms with Crippen LogP contribution in [0.25, 0.3) is 0 Å². The Kier molecular flexibility index (Phi) is 6.62. The number of ketones is 1. The highest BCUT2D eigenvalue weighted by Crippen LogP contribution is 1.98. The monoisotopic (exact) mass is 182 g/mol. The second kappa shape index (κ2) is 7.35. The number of Topliss-reactive ketones (excluding diaryl/α,β-unsaturated/α-hetero) is 1. The van der Waals surface area contributed by atoms with Crippen molar-refractivity contribution in [3.05, 3.63) is 0 Å². The molecule has 0 fully saturated rings. The lowest BCUT2D eigenvalue weighted by atomic mass is 10.1. The molecule has 0 unspecified atom stereocenters. The normalized spacial score (nSPS) is 8.69. The van der Waals surface area contributed by atoms with Crippen molar-refractivity contribution in [3.63, 3.8) is 0 Å². The summed E-state index contributed by atoms with van der Waals surface area (Å²) in [6.45, 7) is 1.92. The first-order chi connectivity index (χ1) is 6.16. The summed E-state index contributed by atoms with van der Waals surface area (Å²) in [4.78, 5) is 21.1. The van der Waals surface area contributed by atoms with Gasteiger partial charge in [0.05, 0.1) is 6.42 Å². The average Bonchev–Trinajstić information content (AvgIpc) is 2.04. The smallest absolute Gasteiger partial charge is 0.303 e. The molecule has 3 nitrogen and oxygen atoms in total. The van der Waals surface area contributed by atoms with E-state index in [-0.39, 0.29) is 18.6 Å². The molecule has 0 saturated carbocycles. The molecule has 0 aliphatic rings. The Morgan fingerprint density at radius 1 is 1.23 bits per heavy atom. The van der Waals surface area contributed by atoms with Gasteiger partial charge in [-0.25, -0.2) is 0 Å². The van der Waals surface area contributed by atoms with Gasteiger partial charge in [0, 0.05) is 19.3 Å². The Bertz CT molecular complexity index is 232. The van der Waals surface area contributed by atoms with Gasteiger partial charge in [-0.1, -0.05) is 12.8 Å². The molecule has 0 heterocycles. The molecule has 13 heavy (non-hydrogen) atoms. The van der Waals surface area contributed by atoms with Gasteiger partial charge in [0.15, 0.2) is 0 Å². The van der Waals surface area contributed by atoms with Crippen LogP contribution in [0.2, 0.25) is 0 Å². The van der Waals surface area contributed by atoms with E-state index in [0.717, 1.165) is 6.42 Å². The first-order valence-corrected chi connectivity index (χ1v) is 4.36. The molecule has 72 valence electrons. The summed E-state index contributed by atoms with van der Waals surface area (Å²) < 4.78 is 0. The maximum absolute atomic E-state index is 11.0. The van der Waals surface area contributed by atoms with Crippen molar-refractivity contribution >= 4 is 11.8 Å². The van der Waals surface area contributed by atoms with E-state index in [4.69, 9.17) is 5.11 Å². The van der Waals surface area contributed by atoms with Gasteiger partial charge in [-0.15, -0.1) is 5.92 Å². The summed E-state index contributed by atoms with van der Waals surface area (Å²) in [7, 11) is 0. The molecule has 0 spiro atoms. The molecule has 1 N–H and O–H groups in total. The molecular weight excluding hydrogens is 168 g/mol. The molecule has 0 atom stereocenters. The molecule has 0 saturated heterocycles. The molecule has 0 amide bonds. The lowest BCUT2D eigenvalue weighted by molar-refractivity contribution is -0.137. The Morgan fingerprint density at radius 3 is 2.46 bits per heavy atom. The molecule has 0 radical (unpaired) electrons. The van der Waals surface area contributed by atoms with Crippen LogP contribution in [0.3, 0.4) is 0 Å². The molecule has 0 aromatic rings. The number of aliphatic carboxylic acids is 1. The van der Waals surface area contributed by atoms with Gasteiger partial charge in [0.1, 0.15) is 5.78 Å². The molecule has 0 aromatic carbocycles. The van der Waals surface area contributed by atoms with Crippen LogP contribution in [0.5, 0.6) is 0 Å². The largest absolute Gasteiger partial charge is 0.481 e. The fraction of sp³-hybridized carbons (Fsp3) is 0.600. The zero-order valence-electron chi connectivity index (χ0n) is 7.80. The van der Waals surface area contributed by atoms with Crippen LogP contribution in [0.15, 0.2) is 0 Å². The standard InChI is InChI=1S/C10H14O3/c1-2-3-4-6-9(11)7-5-8-10(12)13/h2,5-8H2,1H3,(H,12,13). The van der Waals surface area contributed by atoms with Crippen molar-refractivity contribution in [3.8, 4) is 11.8 Å². The molecule has 0 aromatic heterocycles. The van der Waals surface area contributed by atoms with Crippen LogP contribution in [0, 0.1) is 11.8 Å². The van der Waals surface area contributed by atoms with E-state index >= 15 is 0 Å². The third-order valence-electron chi connectivity index (χ3n) is 1.43. The number of carboxylic acid groups (broad SMARTS) is 1. The number of rotatable bonds is 5. The van der Waals surface area contributed by atoms with Crippen molar-refractivity contribution in [1.82, 2.24) is 0 Å². The number of carbonyl (C=O) groups is 2. The molecule has 0 bridgehead atoms. The summed E-state index contributed by atoms with van der Waals surface area (Å²) in [6.07, 6.45) is 1.81. The summed E-state index contributed by atoms with van der Waals surface area (Å²) >= 11 is 0. The van der Waals surface area contributed by atoms with E-state index in [2.05, 4.69) is 11.8 Å². The van der Waals surface area contributed by atoms with E-state index < -0.39 is 5.97 Å². The Hall–Kier alpha value is -1.30. The topological polar surface area (TPSA) is 54.4 Å². The zero-order chi connectivity index (χ0) is 10.1. The van der Waals surface area contributed by atoms with E-state index in [1.807, 2.05) is 6.92 Å². The quantitative estimate of drug-likeness (QED) is 0.657. The summed E-state index contributed by atoms with van der Waals surface area (Å²) in [5, 5.41) is 8.30. The highest BCUT2D eigenvalue weighted by atomic mass is 16.4. The van der Waals surface area contributed by atoms with Crippen LogP contribution >= 0.6 is 0 Å². The minimum Gasteiger partial charge on any atom is -0.481 e. The molecule has 0 rings (SSSR count). The number of hydrogen-bond donors (Lipinski definition) is 1. The van der Waals surface area contributed by atoms with Gasteiger partial charge < -0.3 is 5.11 Å². The van der Waals surface area contributed by atoms with Gasteiger partial charge in [-0.3, -0.25) is 9.59 Å². The maximum Gasteiger partial charge on any atom is 0.303 e. The van der Waals surface area contributed by atoms with E-state index in [9.17, 15) is 9.59 Å². The van der Waals surface area contributed by atoms with Crippen molar-refractivity contribution < 1.29 is 14.7 Å². The van der Waals surface area contributed by atoms with Crippen LogP contribution in [0.4, 0.5) is 0 Å². The van der Waals surface area contributed by atoms with Crippen LogP contribution in [-0.4, -0.2) is 16.9 Å². The van der Waals surface area contributed by atoms with Crippen molar-refractivity contribution in [2.75, 3.05) is 0 Å². The Morgan fingerprint density at radius 2 is 1.92 bits per heavy atom. The molecule has 0 aliphatic carbocycles. The van der Waals surface area contributed by atoms with E-state index in [0.29, 0.717) is 12.8 Å². The minimum absolute atomic E-state index is 0.0298. The number of hydrogen-bond acceptors (Lipinski definition) is 2. The first kappa shape index (κ1) is 11.7. The Balaban J connectivity index is 3.46.